The molecule has 7 nitrogen and oxygen atoms in total. The van der Waals surface area contributed by atoms with E-state index in [-0.39, 0.29) is 4.90 Å². The lowest BCUT2D eigenvalue weighted by Crippen LogP contribution is -2.52. The van der Waals surface area contributed by atoms with Gasteiger partial charge in [-0.3, -0.25) is 0 Å². The van der Waals surface area contributed by atoms with Gasteiger partial charge in [0.15, 0.2) is 17.0 Å². The molecule has 1 aromatic rings. The summed E-state index contributed by atoms with van der Waals surface area (Å²) in [6, 6.07) is 6.40. The van der Waals surface area contributed by atoms with Crippen molar-refractivity contribution in [1.82, 2.24) is 0 Å². The highest BCUT2D eigenvalue weighted by Gasteiger charge is 2.63. The molecule has 2 fully saturated rings. The molecular formula is C26H42O7S. The second-order valence-corrected chi connectivity index (χ2v) is 12.5. The highest BCUT2D eigenvalue weighted by molar-refractivity contribution is 7.92. The number of hydrogen-bond acceptors (Lipinski definition) is 7. The van der Waals surface area contributed by atoms with E-state index in [0.717, 1.165) is 18.4 Å². The zero-order valence-corrected chi connectivity index (χ0v) is 22.1. The maximum Gasteiger partial charge on any atom is 0.210 e. The third-order valence-electron chi connectivity index (χ3n) is 6.69. The van der Waals surface area contributed by atoms with Gasteiger partial charge in [-0.15, -0.1) is 0 Å². The van der Waals surface area contributed by atoms with Crippen molar-refractivity contribution in [2.45, 2.75) is 126 Å². The van der Waals surface area contributed by atoms with E-state index < -0.39 is 45.2 Å². The number of ether oxygens (including phenoxy) is 4. The van der Waals surface area contributed by atoms with Crippen LogP contribution >= 0.6 is 0 Å². The Bertz CT molecular complexity index is 879. The van der Waals surface area contributed by atoms with E-state index in [0.29, 0.717) is 6.61 Å². The molecule has 2 saturated heterocycles. The van der Waals surface area contributed by atoms with E-state index in [2.05, 4.69) is 6.92 Å². The first kappa shape index (κ1) is 27.6. The Kier molecular flexibility index (Phi) is 9.20. The van der Waals surface area contributed by atoms with Crippen LogP contribution in [0, 0.1) is 6.92 Å². The zero-order valence-electron chi connectivity index (χ0n) is 21.3. The number of fused-ring (bicyclic) bond motifs is 1. The molecule has 0 radical (unpaired) electrons. The first-order valence-corrected chi connectivity index (χ1v) is 14.1. The molecule has 0 bridgehead atoms. The molecule has 34 heavy (non-hydrogen) atoms. The largest absolute Gasteiger partial charge is 0.372 e. The number of rotatable bonds is 13. The highest BCUT2D eigenvalue weighted by atomic mass is 32.2. The van der Waals surface area contributed by atoms with Crippen molar-refractivity contribution in [2.24, 2.45) is 0 Å². The van der Waals surface area contributed by atoms with Gasteiger partial charge in [-0.1, -0.05) is 69.6 Å². The Morgan fingerprint density at radius 3 is 2.15 bits per heavy atom. The van der Waals surface area contributed by atoms with Crippen LogP contribution in [-0.4, -0.2) is 55.5 Å². The number of aryl methyl sites for hydroxylation is 1. The summed E-state index contributed by atoms with van der Waals surface area (Å²) in [5.74, 6) is -0.929. The predicted molar refractivity (Wildman–Crippen MR) is 130 cm³/mol. The van der Waals surface area contributed by atoms with Gasteiger partial charge in [0, 0.05) is 6.61 Å². The average molecular weight is 499 g/mol. The number of unbranched alkanes of at least 4 members (excludes halogenated alkanes) is 7. The highest BCUT2D eigenvalue weighted by Crippen LogP contribution is 2.44. The molecule has 5 atom stereocenters. The first-order valence-electron chi connectivity index (χ1n) is 12.7. The molecule has 0 saturated carbocycles. The van der Waals surface area contributed by atoms with Gasteiger partial charge in [-0.25, -0.2) is 8.42 Å². The maximum atomic E-state index is 13.4. The lowest BCUT2D eigenvalue weighted by molar-refractivity contribution is -0.245. The molecule has 194 valence electrons. The molecule has 2 heterocycles. The van der Waals surface area contributed by atoms with Crippen LogP contribution in [0.1, 0.15) is 84.6 Å². The van der Waals surface area contributed by atoms with Gasteiger partial charge in [0.1, 0.15) is 18.3 Å². The summed E-state index contributed by atoms with van der Waals surface area (Å²) >= 11 is 0. The Labute approximate surface area is 205 Å². The van der Waals surface area contributed by atoms with E-state index in [9.17, 15) is 13.5 Å². The van der Waals surface area contributed by atoms with Crippen LogP contribution in [0.25, 0.3) is 0 Å². The number of sulfone groups is 1. The number of hydrogen-bond donors (Lipinski definition) is 1. The monoisotopic (exact) mass is 498 g/mol. The lowest BCUT2D eigenvalue weighted by atomic mass is 10.1. The van der Waals surface area contributed by atoms with Gasteiger partial charge in [-0.05, 0) is 46.2 Å². The zero-order chi connectivity index (χ0) is 25.0. The van der Waals surface area contributed by atoms with Crippen LogP contribution in [-0.2, 0) is 28.8 Å². The standard InChI is InChI=1S/C26H42O7S/c1-6-7-8-9-10-11-12-13-18-30-24-22-21(32-25(3,4)33-22)23(31-24)26(5,27)34(28,29)20-16-14-19(2)15-17-20/h14-17,21-24,27H,6-13,18H2,1-5H3/t21-,22+,23+,24+,26+/m1/s1. The van der Waals surface area contributed by atoms with Crippen molar-refractivity contribution in [3.05, 3.63) is 29.8 Å². The molecule has 0 aromatic heterocycles. The molecule has 1 aromatic carbocycles. The topological polar surface area (TPSA) is 91.3 Å². The van der Waals surface area contributed by atoms with Crippen molar-refractivity contribution in [3.63, 3.8) is 0 Å². The summed E-state index contributed by atoms with van der Waals surface area (Å²) in [4.78, 5) is -2.20. The molecule has 0 unspecified atom stereocenters. The second kappa shape index (κ2) is 11.4. The van der Waals surface area contributed by atoms with Gasteiger partial charge in [0.05, 0.1) is 4.90 Å². The molecule has 0 amide bonds. The fourth-order valence-electron chi connectivity index (χ4n) is 4.67. The van der Waals surface area contributed by atoms with Crippen molar-refractivity contribution < 1.29 is 32.5 Å². The fraction of sp³-hybridized carbons (Fsp3) is 0.769. The third kappa shape index (κ3) is 6.20. The van der Waals surface area contributed by atoms with Gasteiger partial charge in [-0.2, -0.15) is 0 Å². The molecule has 2 aliphatic heterocycles. The van der Waals surface area contributed by atoms with Crippen LogP contribution in [0.15, 0.2) is 29.2 Å². The Hall–Kier alpha value is -1.03. The second-order valence-electron chi connectivity index (χ2n) is 10.2. The summed E-state index contributed by atoms with van der Waals surface area (Å²) in [7, 11) is -4.14. The van der Waals surface area contributed by atoms with E-state index in [1.807, 2.05) is 6.92 Å². The minimum atomic E-state index is -4.14. The van der Waals surface area contributed by atoms with E-state index in [1.54, 1.807) is 26.0 Å². The Morgan fingerprint density at radius 1 is 0.971 bits per heavy atom. The summed E-state index contributed by atoms with van der Waals surface area (Å²) in [5, 5.41) is 11.3. The summed E-state index contributed by atoms with van der Waals surface area (Å²) in [6.45, 7) is 9.36. The number of aliphatic hydroxyl groups is 1. The van der Waals surface area contributed by atoms with Gasteiger partial charge >= 0.3 is 0 Å². The van der Waals surface area contributed by atoms with Crippen LogP contribution in [0.2, 0.25) is 0 Å². The van der Waals surface area contributed by atoms with E-state index in [4.69, 9.17) is 18.9 Å². The Balaban J connectivity index is 1.63. The summed E-state index contributed by atoms with van der Waals surface area (Å²) < 4.78 is 50.7. The Morgan fingerprint density at radius 2 is 1.53 bits per heavy atom. The van der Waals surface area contributed by atoms with Crippen molar-refractivity contribution in [3.8, 4) is 0 Å². The van der Waals surface area contributed by atoms with E-state index >= 15 is 0 Å². The molecule has 2 aliphatic rings. The minimum absolute atomic E-state index is 0.0322. The van der Waals surface area contributed by atoms with Gasteiger partial charge in [0.25, 0.3) is 0 Å². The minimum Gasteiger partial charge on any atom is -0.372 e. The van der Waals surface area contributed by atoms with E-state index in [1.165, 1.54) is 57.6 Å². The maximum absolute atomic E-state index is 13.4. The van der Waals surface area contributed by atoms with Gasteiger partial charge < -0.3 is 24.1 Å². The van der Waals surface area contributed by atoms with Crippen molar-refractivity contribution >= 4 is 9.84 Å². The van der Waals surface area contributed by atoms with Gasteiger partial charge in [0.2, 0.25) is 9.84 Å². The van der Waals surface area contributed by atoms with Crippen molar-refractivity contribution in [1.29, 1.82) is 0 Å². The van der Waals surface area contributed by atoms with Crippen LogP contribution < -0.4 is 0 Å². The molecular weight excluding hydrogens is 456 g/mol. The summed E-state index contributed by atoms with van der Waals surface area (Å²) in [5.41, 5.74) is 0.930. The molecule has 8 heteroatoms. The average Bonchev–Trinajstić information content (AvgIpc) is 3.26. The van der Waals surface area contributed by atoms with Crippen molar-refractivity contribution in [2.75, 3.05) is 6.61 Å². The van der Waals surface area contributed by atoms with Crippen LogP contribution in [0.5, 0.6) is 0 Å². The SMILES string of the molecule is CCCCCCCCCCO[C@H]1O[C@H]([C@@](C)(O)S(=O)(=O)c2ccc(C)cc2)[C@@H]2OC(C)(C)O[C@H]12. The quantitative estimate of drug-likeness (QED) is 0.388. The van der Waals surface area contributed by atoms with Crippen LogP contribution in [0.4, 0.5) is 0 Å². The van der Waals surface area contributed by atoms with Crippen LogP contribution in [0.3, 0.4) is 0 Å². The fourth-order valence-corrected chi connectivity index (χ4v) is 6.14. The first-order chi connectivity index (χ1) is 16.0. The molecule has 0 spiro atoms. The molecule has 3 rings (SSSR count). The normalized spacial score (nSPS) is 28.1. The molecule has 1 N–H and O–H groups in total. The summed E-state index contributed by atoms with van der Waals surface area (Å²) in [6.07, 6.45) is 6.13. The smallest absolute Gasteiger partial charge is 0.210 e. The number of benzene rings is 1. The lowest BCUT2D eigenvalue weighted by Gasteiger charge is -2.33. The third-order valence-corrected chi connectivity index (χ3v) is 8.91. The predicted octanol–water partition coefficient (Wildman–Crippen LogP) is 4.88. The molecule has 0 aliphatic carbocycles.